The van der Waals surface area contributed by atoms with E-state index in [1.807, 2.05) is 33.5 Å². The molecular formula is C13H27NO4Si. The number of hydrogen-bond acceptors (Lipinski definition) is 5. The third-order valence-corrected chi connectivity index (χ3v) is 3.29. The highest BCUT2D eigenvalue weighted by atomic mass is 28.4. The molecule has 0 amide bonds. The van der Waals surface area contributed by atoms with Crippen LogP contribution in [0.15, 0.2) is 0 Å². The highest BCUT2D eigenvalue weighted by Gasteiger charge is 2.36. The van der Waals surface area contributed by atoms with Crippen molar-refractivity contribution in [3.05, 3.63) is 0 Å². The predicted molar refractivity (Wildman–Crippen MR) is 77.0 cm³/mol. The molecule has 0 saturated carbocycles. The Balaban J connectivity index is 4.97. The van der Waals surface area contributed by atoms with Gasteiger partial charge in [0.25, 0.3) is 0 Å². The lowest BCUT2D eigenvalue weighted by atomic mass is 9.88. The van der Waals surface area contributed by atoms with Gasteiger partial charge >= 0.3 is 5.97 Å². The molecular weight excluding hydrogens is 262 g/mol. The van der Waals surface area contributed by atoms with Crippen molar-refractivity contribution in [2.45, 2.75) is 53.4 Å². The molecule has 112 valence electrons. The number of esters is 1. The number of carbonyl (C=O) groups is 2. The van der Waals surface area contributed by atoms with Gasteiger partial charge in [-0.2, -0.15) is 0 Å². The molecule has 0 aromatic heterocycles. The summed E-state index contributed by atoms with van der Waals surface area (Å²) in [5.74, 6) is -1.44. The molecule has 0 saturated heterocycles. The van der Waals surface area contributed by atoms with Crippen LogP contribution in [0.5, 0.6) is 0 Å². The monoisotopic (exact) mass is 289 g/mol. The van der Waals surface area contributed by atoms with Crippen LogP contribution in [0, 0.1) is 11.8 Å². The molecule has 0 aromatic rings. The van der Waals surface area contributed by atoms with Crippen LogP contribution < -0.4 is 5.48 Å². The number of carbonyl (C=O) groups excluding carboxylic acids is 2. The fraction of sp³-hybridized carbons (Fsp3) is 0.846. The van der Waals surface area contributed by atoms with E-state index in [0.29, 0.717) is 0 Å². The molecule has 2 atom stereocenters. The second-order valence-corrected chi connectivity index (χ2v) is 10.4. The van der Waals surface area contributed by atoms with Crippen molar-refractivity contribution < 1.29 is 18.9 Å². The van der Waals surface area contributed by atoms with E-state index < -0.39 is 20.2 Å². The van der Waals surface area contributed by atoms with Crippen LogP contribution in [0.2, 0.25) is 19.6 Å². The second-order valence-electron chi connectivity index (χ2n) is 5.94. The van der Waals surface area contributed by atoms with Crippen molar-refractivity contribution in [1.82, 2.24) is 5.48 Å². The zero-order valence-corrected chi connectivity index (χ0v) is 14.1. The largest absolute Gasteiger partial charge is 0.465 e. The van der Waals surface area contributed by atoms with Crippen LogP contribution in [0.4, 0.5) is 0 Å². The molecule has 0 aliphatic heterocycles. The van der Waals surface area contributed by atoms with Gasteiger partial charge < -0.3 is 9.26 Å². The number of rotatable bonds is 8. The summed E-state index contributed by atoms with van der Waals surface area (Å²) in [5, 5.41) is 0. The Morgan fingerprint density at radius 2 is 1.74 bits per heavy atom. The predicted octanol–water partition coefficient (Wildman–Crippen LogP) is 2.14. The van der Waals surface area contributed by atoms with Crippen molar-refractivity contribution in [2.24, 2.45) is 11.8 Å². The van der Waals surface area contributed by atoms with Gasteiger partial charge in [0.05, 0.1) is 12.6 Å². The molecule has 0 spiro atoms. The van der Waals surface area contributed by atoms with Crippen molar-refractivity contribution in [3.63, 3.8) is 0 Å². The molecule has 0 bridgehead atoms. The van der Waals surface area contributed by atoms with Crippen LogP contribution in [-0.2, 0) is 18.9 Å². The number of Topliss-reactive ketones (excluding diaryl/α,β-unsaturated/α-hetero) is 1. The van der Waals surface area contributed by atoms with E-state index in [1.165, 1.54) is 6.92 Å². The quantitative estimate of drug-likeness (QED) is 0.321. The minimum atomic E-state index is -1.77. The van der Waals surface area contributed by atoms with Crippen LogP contribution in [-0.4, -0.2) is 32.7 Å². The summed E-state index contributed by atoms with van der Waals surface area (Å²) in [6, 6.07) is -0.372. The first-order valence-electron chi connectivity index (χ1n) is 6.70. The van der Waals surface area contributed by atoms with Crippen molar-refractivity contribution in [2.75, 3.05) is 6.61 Å². The van der Waals surface area contributed by atoms with Gasteiger partial charge in [-0.05, 0) is 39.4 Å². The first-order chi connectivity index (χ1) is 8.60. The lowest BCUT2D eigenvalue weighted by Gasteiger charge is -2.30. The maximum atomic E-state index is 11.9. The first-order valence-corrected chi connectivity index (χ1v) is 10.1. The molecule has 5 nitrogen and oxygen atoms in total. The fourth-order valence-electron chi connectivity index (χ4n) is 1.63. The Labute approximate surface area is 117 Å². The van der Waals surface area contributed by atoms with E-state index in [1.54, 1.807) is 6.92 Å². The number of hydroxylamine groups is 1. The minimum absolute atomic E-state index is 0.0784. The zero-order valence-electron chi connectivity index (χ0n) is 13.1. The summed E-state index contributed by atoms with van der Waals surface area (Å²) < 4.78 is 10.6. The number of ether oxygens (including phenoxy) is 1. The van der Waals surface area contributed by atoms with Crippen LogP contribution in [0.1, 0.15) is 27.7 Å². The van der Waals surface area contributed by atoms with E-state index in [2.05, 4.69) is 5.48 Å². The van der Waals surface area contributed by atoms with Crippen molar-refractivity contribution in [1.29, 1.82) is 0 Å². The Bertz CT molecular complexity index is 312. The Morgan fingerprint density at radius 1 is 1.21 bits per heavy atom. The Hall–Kier alpha value is -0.723. The normalized spacial score (nSPS) is 15.2. The van der Waals surface area contributed by atoms with Gasteiger partial charge in [0.1, 0.15) is 11.7 Å². The van der Waals surface area contributed by atoms with E-state index in [0.717, 1.165) is 0 Å². The molecule has 0 aliphatic rings. The average molecular weight is 289 g/mol. The Kier molecular flexibility index (Phi) is 7.47. The first kappa shape index (κ1) is 18.3. The summed E-state index contributed by atoms with van der Waals surface area (Å²) in [7, 11) is -1.77. The van der Waals surface area contributed by atoms with Crippen molar-refractivity contribution >= 4 is 20.1 Å². The molecule has 19 heavy (non-hydrogen) atoms. The summed E-state index contributed by atoms with van der Waals surface area (Å²) in [6.07, 6.45) is 0. The smallest absolute Gasteiger partial charge is 0.318 e. The van der Waals surface area contributed by atoms with Gasteiger partial charge in [-0.15, -0.1) is 0 Å². The molecule has 6 heteroatoms. The van der Waals surface area contributed by atoms with E-state index in [-0.39, 0.29) is 24.3 Å². The van der Waals surface area contributed by atoms with E-state index in [9.17, 15) is 9.59 Å². The van der Waals surface area contributed by atoms with Crippen molar-refractivity contribution in [3.8, 4) is 0 Å². The van der Waals surface area contributed by atoms with Gasteiger partial charge in [0, 0.05) is 0 Å². The average Bonchev–Trinajstić information content (AvgIpc) is 2.21. The standard InChI is InChI=1S/C13H27NO4Si/c1-8-17-13(16)11(10(4)15)12(9(2)3)14-18-19(5,6)7/h9,11-12,14H,8H2,1-7H3. The van der Waals surface area contributed by atoms with E-state index >= 15 is 0 Å². The molecule has 2 unspecified atom stereocenters. The minimum Gasteiger partial charge on any atom is -0.465 e. The van der Waals surface area contributed by atoms with Gasteiger partial charge in [0.2, 0.25) is 8.32 Å². The molecule has 0 heterocycles. The number of hydrogen-bond donors (Lipinski definition) is 1. The van der Waals surface area contributed by atoms with Crippen LogP contribution >= 0.6 is 0 Å². The summed E-state index contributed by atoms with van der Waals surface area (Å²) >= 11 is 0. The third kappa shape index (κ3) is 6.84. The van der Waals surface area contributed by atoms with Gasteiger partial charge in [0.15, 0.2) is 0 Å². The zero-order chi connectivity index (χ0) is 15.2. The highest BCUT2D eigenvalue weighted by Crippen LogP contribution is 2.17. The van der Waals surface area contributed by atoms with Gasteiger partial charge in [-0.25, -0.2) is 5.48 Å². The maximum absolute atomic E-state index is 11.9. The second kappa shape index (κ2) is 7.77. The maximum Gasteiger partial charge on any atom is 0.318 e. The highest BCUT2D eigenvalue weighted by molar-refractivity contribution is 6.69. The summed E-state index contributed by atoms with van der Waals surface area (Å²) in [4.78, 5) is 23.7. The van der Waals surface area contributed by atoms with Crippen LogP contribution in [0.25, 0.3) is 0 Å². The molecule has 0 rings (SSSR count). The summed E-state index contributed by atoms with van der Waals surface area (Å²) in [5.41, 5.74) is 2.92. The SMILES string of the molecule is CCOC(=O)C(C(C)=O)C(NO[Si](C)(C)C)C(C)C. The lowest BCUT2D eigenvalue weighted by molar-refractivity contribution is -0.154. The number of ketones is 1. The number of nitrogens with one attached hydrogen (secondary N) is 1. The molecule has 0 fully saturated rings. The Morgan fingerprint density at radius 3 is 2.05 bits per heavy atom. The fourth-order valence-corrected chi connectivity index (χ4v) is 2.12. The van der Waals surface area contributed by atoms with Crippen LogP contribution in [0.3, 0.4) is 0 Å². The topological polar surface area (TPSA) is 64.6 Å². The molecule has 0 aliphatic carbocycles. The lowest BCUT2D eigenvalue weighted by Crippen LogP contribution is -2.50. The molecule has 1 N–H and O–H groups in total. The molecule has 0 aromatic carbocycles. The van der Waals surface area contributed by atoms with Gasteiger partial charge in [-0.3, -0.25) is 9.59 Å². The third-order valence-electron chi connectivity index (χ3n) is 2.56. The molecule has 0 radical (unpaired) electrons. The summed E-state index contributed by atoms with van der Waals surface area (Å²) in [6.45, 7) is 13.4. The van der Waals surface area contributed by atoms with Gasteiger partial charge in [-0.1, -0.05) is 13.8 Å². The van der Waals surface area contributed by atoms with E-state index in [4.69, 9.17) is 9.26 Å².